The second kappa shape index (κ2) is 9.73. The quantitative estimate of drug-likeness (QED) is 0.714. The number of benzene rings is 2. The number of hydrogen-bond acceptors (Lipinski definition) is 4. The number of carbonyl (C=O) groups is 3. The van der Waals surface area contributed by atoms with Crippen LogP contribution in [0.15, 0.2) is 54.6 Å². The first-order chi connectivity index (χ1) is 12.9. The highest BCUT2D eigenvalue weighted by Gasteiger charge is 2.19. The number of amides is 2. The van der Waals surface area contributed by atoms with Gasteiger partial charge in [0.1, 0.15) is 6.04 Å². The Morgan fingerprint density at radius 2 is 1.59 bits per heavy atom. The molecule has 0 spiro atoms. The van der Waals surface area contributed by atoms with Crippen LogP contribution in [-0.4, -0.2) is 30.4 Å². The van der Waals surface area contributed by atoms with Crippen molar-refractivity contribution < 1.29 is 19.1 Å². The summed E-state index contributed by atoms with van der Waals surface area (Å²) in [4.78, 5) is 36.0. The van der Waals surface area contributed by atoms with Gasteiger partial charge in [0, 0.05) is 10.6 Å². The molecular weight excluding hydrogens is 368 g/mol. The fourth-order valence-corrected chi connectivity index (χ4v) is 2.44. The fourth-order valence-electron chi connectivity index (χ4n) is 2.31. The highest BCUT2D eigenvalue weighted by molar-refractivity contribution is 6.30. The normalized spacial score (nSPS) is 12.6. The van der Waals surface area contributed by atoms with Gasteiger partial charge in [-0.05, 0) is 43.7 Å². The third kappa shape index (κ3) is 6.42. The summed E-state index contributed by atoms with van der Waals surface area (Å²) in [5, 5.41) is 5.77. The molecule has 27 heavy (non-hydrogen) atoms. The minimum Gasteiger partial charge on any atom is -0.454 e. The highest BCUT2D eigenvalue weighted by Crippen LogP contribution is 2.11. The zero-order valence-corrected chi connectivity index (χ0v) is 15.8. The lowest BCUT2D eigenvalue weighted by atomic mass is 10.1. The summed E-state index contributed by atoms with van der Waals surface area (Å²) in [7, 11) is 0. The van der Waals surface area contributed by atoms with Crippen molar-refractivity contribution in [2.75, 3.05) is 6.61 Å². The Kier molecular flexibility index (Phi) is 7.37. The lowest BCUT2D eigenvalue weighted by Crippen LogP contribution is -2.41. The van der Waals surface area contributed by atoms with Crippen molar-refractivity contribution in [2.45, 2.75) is 25.9 Å². The molecule has 0 bridgehead atoms. The number of ether oxygens (including phenoxy) is 1. The maximum Gasteiger partial charge on any atom is 0.328 e. The standard InChI is InChI=1S/C20H21ClN2O4/c1-13(15-6-4-3-5-7-15)22-18(24)12-27-20(26)14(2)23-19(25)16-8-10-17(21)11-9-16/h3-11,13-14H,12H2,1-2H3,(H,22,24)(H,23,25)/t13-,14-/m0/s1. The molecule has 6 nitrogen and oxygen atoms in total. The summed E-state index contributed by atoms with van der Waals surface area (Å²) in [6.07, 6.45) is 0. The van der Waals surface area contributed by atoms with E-state index in [9.17, 15) is 14.4 Å². The van der Waals surface area contributed by atoms with Crippen LogP contribution in [0.1, 0.15) is 35.8 Å². The summed E-state index contributed by atoms with van der Waals surface area (Å²) in [6, 6.07) is 14.6. The van der Waals surface area contributed by atoms with Gasteiger partial charge in [0.15, 0.2) is 6.61 Å². The average Bonchev–Trinajstić information content (AvgIpc) is 2.67. The molecule has 0 fully saturated rings. The molecule has 0 unspecified atom stereocenters. The van der Waals surface area contributed by atoms with E-state index in [-0.39, 0.29) is 6.04 Å². The van der Waals surface area contributed by atoms with Gasteiger partial charge < -0.3 is 15.4 Å². The molecule has 0 aliphatic carbocycles. The zero-order valence-electron chi connectivity index (χ0n) is 15.1. The van der Waals surface area contributed by atoms with Gasteiger partial charge in [-0.3, -0.25) is 9.59 Å². The number of nitrogens with one attached hydrogen (secondary N) is 2. The second-order valence-corrected chi connectivity index (χ2v) is 6.45. The first-order valence-corrected chi connectivity index (χ1v) is 8.82. The van der Waals surface area contributed by atoms with E-state index < -0.39 is 30.4 Å². The third-order valence-corrected chi connectivity index (χ3v) is 4.08. The van der Waals surface area contributed by atoms with Crippen molar-refractivity contribution >= 4 is 29.4 Å². The molecule has 0 saturated carbocycles. The Morgan fingerprint density at radius 1 is 0.963 bits per heavy atom. The molecule has 0 heterocycles. The third-order valence-electron chi connectivity index (χ3n) is 3.83. The molecule has 2 rings (SSSR count). The number of rotatable bonds is 7. The zero-order chi connectivity index (χ0) is 19.8. The smallest absolute Gasteiger partial charge is 0.328 e. The molecule has 0 saturated heterocycles. The molecule has 2 aromatic carbocycles. The highest BCUT2D eigenvalue weighted by atomic mass is 35.5. The molecule has 2 N–H and O–H groups in total. The van der Waals surface area contributed by atoms with Crippen molar-refractivity contribution in [2.24, 2.45) is 0 Å². The van der Waals surface area contributed by atoms with Crippen LogP contribution in [0.4, 0.5) is 0 Å². The van der Waals surface area contributed by atoms with Crippen LogP contribution in [0.5, 0.6) is 0 Å². The summed E-state index contributed by atoms with van der Waals surface area (Å²) >= 11 is 5.77. The summed E-state index contributed by atoms with van der Waals surface area (Å²) in [5.41, 5.74) is 1.31. The number of halogens is 1. The van der Waals surface area contributed by atoms with Crippen LogP contribution in [0, 0.1) is 0 Å². The number of carbonyl (C=O) groups excluding carboxylic acids is 3. The molecule has 2 atom stereocenters. The maximum absolute atomic E-state index is 12.1. The lowest BCUT2D eigenvalue weighted by molar-refractivity contribution is -0.150. The average molecular weight is 389 g/mol. The van der Waals surface area contributed by atoms with Gasteiger partial charge in [-0.25, -0.2) is 4.79 Å². The van der Waals surface area contributed by atoms with Crippen molar-refractivity contribution in [3.8, 4) is 0 Å². The van der Waals surface area contributed by atoms with Gasteiger partial charge in [0.05, 0.1) is 6.04 Å². The predicted octanol–water partition coefficient (Wildman–Crippen LogP) is 2.88. The second-order valence-electron chi connectivity index (χ2n) is 6.01. The van der Waals surface area contributed by atoms with E-state index in [2.05, 4.69) is 10.6 Å². The van der Waals surface area contributed by atoms with Crippen LogP contribution in [0.3, 0.4) is 0 Å². The van der Waals surface area contributed by atoms with E-state index in [0.717, 1.165) is 5.56 Å². The topological polar surface area (TPSA) is 84.5 Å². The SMILES string of the molecule is C[C@H](NC(=O)c1ccc(Cl)cc1)C(=O)OCC(=O)N[C@@H](C)c1ccccc1. The number of hydrogen-bond donors (Lipinski definition) is 2. The van der Waals surface area contributed by atoms with Gasteiger partial charge >= 0.3 is 5.97 Å². The molecule has 7 heteroatoms. The van der Waals surface area contributed by atoms with E-state index in [1.54, 1.807) is 24.3 Å². The van der Waals surface area contributed by atoms with Gasteiger partial charge in [0.2, 0.25) is 0 Å². The van der Waals surface area contributed by atoms with E-state index in [1.165, 1.54) is 6.92 Å². The molecular formula is C20H21ClN2O4. The van der Waals surface area contributed by atoms with Crippen LogP contribution < -0.4 is 10.6 Å². The molecule has 2 aromatic rings. The van der Waals surface area contributed by atoms with Crippen molar-refractivity contribution in [1.29, 1.82) is 0 Å². The fraction of sp³-hybridized carbons (Fsp3) is 0.250. The molecule has 0 radical (unpaired) electrons. The van der Waals surface area contributed by atoms with Gasteiger partial charge in [-0.15, -0.1) is 0 Å². The Balaban J connectivity index is 1.77. The van der Waals surface area contributed by atoms with E-state index in [1.807, 2.05) is 37.3 Å². The van der Waals surface area contributed by atoms with Crippen LogP contribution in [0.25, 0.3) is 0 Å². The Labute approximate surface area is 162 Å². The van der Waals surface area contributed by atoms with Crippen molar-refractivity contribution in [1.82, 2.24) is 10.6 Å². The minimum atomic E-state index is -0.896. The molecule has 142 valence electrons. The van der Waals surface area contributed by atoms with Crippen LogP contribution in [-0.2, 0) is 14.3 Å². The molecule has 0 aliphatic heterocycles. The summed E-state index contributed by atoms with van der Waals surface area (Å²) in [6.45, 7) is 2.90. The van der Waals surface area contributed by atoms with E-state index >= 15 is 0 Å². The van der Waals surface area contributed by atoms with Crippen molar-refractivity contribution in [3.05, 3.63) is 70.7 Å². The number of esters is 1. The van der Waals surface area contributed by atoms with E-state index in [4.69, 9.17) is 16.3 Å². The lowest BCUT2D eigenvalue weighted by Gasteiger charge is -2.16. The van der Waals surface area contributed by atoms with Crippen molar-refractivity contribution in [3.63, 3.8) is 0 Å². The summed E-state index contributed by atoms with van der Waals surface area (Å²) < 4.78 is 4.97. The van der Waals surface area contributed by atoms with Gasteiger partial charge in [-0.2, -0.15) is 0 Å². The van der Waals surface area contributed by atoms with Gasteiger partial charge in [0.25, 0.3) is 11.8 Å². The Bertz CT molecular complexity index is 793. The van der Waals surface area contributed by atoms with Crippen LogP contribution >= 0.6 is 11.6 Å². The monoisotopic (exact) mass is 388 g/mol. The summed E-state index contributed by atoms with van der Waals surface area (Å²) in [5.74, 6) is -1.55. The molecule has 0 aliphatic rings. The van der Waals surface area contributed by atoms with Crippen LogP contribution in [0.2, 0.25) is 5.02 Å². The largest absolute Gasteiger partial charge is 0.454 e. The minimum absolute atomic E-state index is 0.209. The molecule has 0 aromatic heterocycles. The Hall–Kier alpha value is -2.86. The predicted molar refractivity (Wildman–Crippen MR) is 102 cm³/mol. The van der Waals surface area contributed by atoms with Gasteiger partial charge in [-0.1, -0.05) is 41.9 Å². The van der Waals surface area contributed by atoms with E-state index in [0.29, 0.717) is 10.6 Å². The molecule has 2 amide bonds. The first kappa shape index (κ1) is 20.5. The first-order valence-electron chi connectivity index (χ1n) is 8.44. The Morgan fingerprint density at radius 3 is 2.22 bits per heavy atom. The maximum atomic E-state index is 12.1.